The van der Waals surface area contributed by atoms with Gasteiger partial charge in [0.05, 0.1) is 39.6 Å². The second-order valence-electron chi connectivity index (χ2n) is 4.32. The van der Waals surface area contributed by atoms with Crippen LogP contribution in [-0.4, -0.2) is 52.9 Å². The largest absolute Gasteiger partial charge is 1.00 e. The first-order chi connectivity index (χ1) is 10.4. The second-order valence-corrected chi connectivity index (χ2v) is 4.32. The number of fused-ring (bicyclic) bond motifs is 1. The van der Waals surface area contributed by atoms with Crippen molar-refractivity contribution >= 4 is 0 Å². The van der Waals surface area contributed by atoms with Gasteiger partial charge in [0.2, 0.25) is 0 Å². The van der Waals surface area contributed by atoms with Crippen LogP contribution in [0, 0.1) is 12.3 Å². The average Bonchev–Trinajstić information content (AvgIpc) is 2.52. The van der Waals surface area contributed by atoms with E-state index in [9.17, 15) is 0 Å². The minimum Gasteiger partial charge on any atom is -0.489 e. The summed E-state index contributed by atoms with van der Waals surface area (Å²) in [5, 5.41) is 0. The van der Waals surface area contributed by atoms with Crippen LogP contribution in [-0.2, 0) is 31.3 Å². The van der Waals surface area contributed by atoms with Crippen molar-refractivity contribution in [2.24, 2.45) is 0 Å². The molecular formula is C16H19CuO5. The van der Waals surface area contributed by atoms with Crippen molar-refractivity contribution < 1.29 is 40.8 Å². The molecule has 6 heteroatoms. The summed E-state index contributed by atoms with van der Waals surface area (Å²) in [7, 11) is 0. The molecule has 1 aromatic carbocycles. The maximum Gasteiger partial charge on any atom is 1.00 e. The zero-order valence-corrected chi connectivity index (χ0v) is 13.2. The molecule has 0 fully saturated rings. The fraction of sp³-hybridized carbons (Fsp3) is 0.500. The Morgan fingerprint density at radius 2 is 1.23 bits per heavy atom. The van der Waals surface area contributed by atoms with Crippen molar-refractivity contribution in [2.45, 2.75) is 0 Å². The maximum atomic E-state index is 7.17. The molecule has 1 heterocycles. The van der Waals surface area contributed by atoms with E-state index in [1.54, 1.807) is 18.2 Å². The molecule has 124 valence electrons. The standard InChI is InChI=1S/C16H19O5.Cu/c1-2-14-3-4-15-16(13-14)21-12-10-19-8-6-17-5-7-18-9-11-20-15;/h3-4,13H,5-12H2;/q-1;+1. The molecule has 5 nitrogen and oxygen atoms in total. The Kier molecular flexibility index (Phi) is 9.72. The molecule has 0 aliphatic carbocycles. The van der Waals surface area contributed by atoms with E-state index < -0.39 is 0 Å². The first-order valence-corrected chi connectivity index (χ1v) is 6.96. The van der Waals surface area contributed by atoms with Gasteiger partial charge in [-0.25, -0.2) is 0 Å². The minimum absolute atomic E-state index is 0. The normalized spacial score (nSPS) is 17.2. The Morgan fingerprint density at radius 3 is 1.77 bits per heavy atom. The summed E-state index contributed by atoms with van der Waals surface area (Å²) in [6.07, 6.45) is 7.17. The monoisotopic (exact) mass is 354 g/mol. The molecule has 2 rings (SSSR count). The molecule has 1 aromatic rings. The number of hydrogen-bond acceptors (Lipinski definition) is 5. The van der Waals surface area contributed by atoms with Gasteiger partial charge in [-0.2, -0.15) is 0 Å². The van der Waals surface area contributed by atoms with Crippen molar-refractivity contribution in [1.29, 1.82) is 0 Å². The van der Waals surface area contributed by atoms with Gasteiger partial charge in [0.15, 0.2) is 5.75 Å². The van der Waals surface area contributed by atoms with E-state index in [2.05, 4.69) is 5.92 Å². The molecular weight excluding hydrogens is 336 g/mol. The van der Waals surface area contributed by atoms with Gasteiger partial charge in [-0.15, -0.1) is 11.6 Å². The molecule has 0 unspecified atom stereocenters. The van der Waals surface area contributed by atoms with Crippen LogP contribution in [0.2, 0.25) is 0 Å². The zero-order chi connectivity index (χ0) is 14.8. The first kappa shape index (κ1) is 18.8. The number of hydrogen-bond donors (Lipinski definition) is 0. The van der Waals surface area contributed by atoms with Crippen molar-refractivity contribution in [2.75, 3.05) is 52.9 Å². The second kappa shape index (κ2) is 11.4. The summed E-state index contributed by atoms with van der Waals surface area (Å²) in [6.45, 7) is 3.96. The summed E-state index contributed by atoms with van der Waals surface area (Å²) in [6, 6.07) is 5.26. The summed E-state index contributed by atoms with van der Waals surface area (Å²) in [5.74, 6) is 3.55. The molecule has 0 saturated carbocycles. The third-order valence-electron chi connectivity index (χ3n) is 2.80. The fourth-order valence-corrected chi connectivity index (χ4v) is 1.78. The summed E-state index contributed by atoms with van der Waals surface area (Å²) >= 11 is 0. The van der Waals surface area contributed by atoms with Crippen molar-refractivity contribution in [3.05, 3.63) is 30.2 Å². The molecule has 22 heavy (non-hydrogen) atoms. The topological polar surface area (TPSA) is 46.2 Å². The van der Waals surface area contributed by atoms with Crippen molar-refractivity contribution in [3.63, 3.8) is 0 Å². The number of rotatable bonds is 0. The van der Waals surface area contributed by atoms with Gasteiger partial charge in [0.25, 0.3) is 0 Å². The van der Waals surface area contributed by atoms with Gasteiger partial charge >= 0.3 is 17.1 Å². The Balaban J connectivity index is 0.00000242. The molecule has 0 amide bonds. The van der Waals surface area contributed by atoms with Crippen LogP contribution in [0.25, 0.3) is 0 Å². The van der Waals surface area contributed by atoms with Crippen LogP contribution in [0.3, 0.4) is 0 Å². The molecule has 0 bridgehead atoms. The fourth-order valence-electron chi connectivity index (χ4n) is 1.78. The summed E-state index contributed by atoms with van der Waals surface area (Å²) in [5.41, 5.74) is 0.640. The van der Waals surface area contributed by atoms with Crippen LogP contribution in [0.15, 0.2) is 18.2 Å². The Morgan fingerprint density at radius 1 is 0.727 bits per heavy atom. The Labute approximate surface area is 141 Å². The Bertz CT molecular complexity index is 472. The van der Waals surface area contributed by atoms with Crippen LogP contribution < -0.4 is 9.47 Å². The van der Waals surface area contributed by atoms with Crippen LogP contribution in [0.5, 0.6) is 11.5 Å². The number of ether oxygens (including phenoxy) is 5. The molecule has 0 saturated heterocycles. The average molecular weight is 355 g/mol. The molecule has 0 spiro atoms. The van der Waals surface area contributed by atoms with E-state index in [1.807, 2.05) is 0 Å². The predicted octanol–water partition coefficient (Wildman–Crippen LogP) is 1.44. The summed E-state index contributed by atoms with van der Waals surface area (Å²) in [4.78, 5) is 0. The molecule has 0 radical (unpaired) electrons. The van der Waals surface area contributed by atoms with Crippen molar-refractivity contribution in [1.82, 2.24) is 0 Å². The van der Waals surface area contributed by atoms with Gasteiger partial charge in [0, 0.05) is 0 Å². The number of benzene rings is 1. The first-order valence-electron chi connectivity index (χ1n) is 6.96. The van der Waals surface area contributed by atoms with Crippen LogP contribution in [0.4, 0.5) is 0 Å². The van der Waals surface area contributed by atoms with Gasteiger partial charge in [-0.05, 0) is 6.07 Å². The SMILES string of the molecule is [C-]#Cc1ccc2c(c1)OCCOCCOCCOCCO2.[Cu+]. The third kappa shape index (κ3) is 6.69. The quantitative estimate of drug-likeness (QED) is 0.401. The van der Waals surface area contributed by atoms with E-state index in [0.29, 0.717) is 69.9 Å². The smallest absolute Gasteiger partial charge is 0.489 e. The van der Waals surface area contributed by atoms with E-state index in [1.165, 1.54) is 0 Å². The molecule has 0 N–H and O–H groups in total. The van der Waals surface area contributed by atoms with E-state index in [-0.39, 0.29) is 17.1 Å². The predicted molar refractivity (Wildman–Crippen MR) is 76.1 cm³/mol. The van der Waals surface area contributed by atoms with Crippen molar-refractivity contribution in [3.8, 4) is 17.4 Å². The van der Waals surface area contributed by atoms with E-state index in [4.69, 9.17) is 30.1 Å². The molecule has 1 aliphatic heterocycles. The molecule has 1 aliphatic rings. The van der Waals surface area contributed by atoms with Crippen LogP contribution >= 0.6 is 0 Å². The Hall–Kier alpha value is -1.22. The summed E-state index contributed by atoms with van der Waals surface area (Å²) < 4.78 is 27.4. The van der Waals surface area contributed by atoms with Gasteiger partial charge in [0.1, 0.15) is 19.0 Å². The van der Waals surface area contributed by atoms with Gasteiger partial charge in [-0.3, -0.25) is 5.92 Å². The van der Waals surface area contributed by atoms with E-state index >= 15 is 0 Å². The van der Waals surface area contributed by atoms with Crippen LogP contribution in [0.1, 0.15) is 5.56 Å². The zero-order valence-electron chi connectivity index (χ0n) is 12.2. The van der Waals surface area contributed by atoms with Gasteiger partial charge < -0.3 is 30.1 Å². The van der Waals surface area contributed by atoms with Gasteiger partial charge in [-0.1, -0.05) is 6.07 Å². The molecule has 0 aromatic heterocycles. The van der Waals surface area contributed by atoms with E-state index in [0.717, 1.165) is 0 Å². The third-order valence-corrected chi connectivity index (χ3v) is 2.80. The maximum absolute atomic E-state index is 7.17. The minimum atomic E-state index is 0. The molecule has 0 atom stereocenters.